The Balaban J connectivity index is 1.55. The zero-order valence-electron chi connectivity index (χ0n) is 13.2. The highest BCUT2D eigenvalue weighted by molar-refractivity contribution is 9.10. The zero-order chi connectivity index (χ0) is 17.2. The third-order valence-corrected chi connectivity index (χ3v) is 6.40. The fraction of sp³-hybridized carbons (Fsp3) is 0.467. The number of nitrogen functional groups attached to an aromatic ring is 1. The Labute approximate surface area is 149 Å². The van der Waals surface area contributed by atoms with Crippen LogP contribution in [0.4, 0.5) is 11.9 Å². The average Bonchev–Trinajstić information content (AvgIpc) is 2.93. The van der Waals surface area contributed by atoms with E-state index in [1.807, 2.05) is 29.2 Å². The minimum absolute atomic E-state index is 0.0874. The van der Waals surface area contributed by atoms with E-state index in [9.17, 15) is 8.42 Å². The predicted octanol–water partition coefficient (Wildman–Crippen LogP) is 1.98. The molecule has 1 saturated heterocycles. The third kappa shape index (κ3) is 4.47. The van der Waals surface area contributed by atoms with Crippen molar-refractivity contribution in [2.24, 2.45) is 5.92 Å². The molecule has 7 nitrogen and oxygen atoms in total. The summed E-state index contributed by atoms with van der Waals surface area (Å²) in [6.45, 7) is 1.49. The van der Waals surface area contributed by atoms with E-state index in [1.54, 1.807) is 0 Å². The number of H-pyrrole nitrogens is 1. The van der Waals surface area contributed by atoms with Crippen molar-refractivity contribution in [2.45, 2.75) is 18.6 Å². The summed E-state index contributed by atoms with van der Waals surface area (Å²) in [4.78, 5) is 6.14. The predicted molar refractivity (Wildman–Crippen MR) is 97.4 cm³/mol. The van der Waals surface area contributed by atoms with Crippen LogP contribution in [0.15, 0.2) is 28.7 Å². The second kappa shape index (κ2) is 7.10. The number of aromatic nitrogens is 3. The Morgan fingerprint density at radius 3 is 2.71 bits per heavy atom. The van der Waals surface area contributed by atoms with E-state index in [4.69, 9.17) is 5.73 Å². The molecule has 0 radical (unpaired) electrons. The summed E-state index contributed by atoms with van der Waals surface area (Å²) < 4.78 is 25.8. The highest BCUT2D eigenvalue weighted by atomic mass is 79.9. The summed E-state index contributed by atoms with van der Waals surface area (Å²) >= 11 is 3.38. The van der Waals surface area contributed by atoms with E-state index < -0.39 is 9.84 Å². The highest BCUT2D eigenvalue weighted by Gasteiger charge is 2.26. The summed E-state index contributed by atoms with van der Waals surface area (Å²) in [5, 5.41) is 6.67. The van der Waals surface area contributed by atoms with Gasteiger partial charge in [-0.05, 0) is 36.5 Å². The van der Waals surface area contributed by atoms with Gasteiger partial charge >= 0.3 is 0 Å². The molecule has 0 aliphatic carbocycles. The summed E-state index contributed by atoms with van der Waals surface area (Å²) in [7, 11) is -3.13. The molecule has 3 N–H and O–H groups in total. The number of hydrogen-bond donors (Lipinski definition) is 2. The molecule has 3 rings (SSSR count). The number of anilines is 2. The zero-order valence-corrected chi connectivity index (χ0v) is 15.6. The molecular formula is C15H20BrN5O2S. The van der Waals surface area contributed by atoms with E-state index in [1.165, 1.54) is 0 Å². The molecule has 24 heavy (non-hydrogen) atoms. The van der Waals surface area contributed by atoms with Crippen molar-refractivity contribution in [1.82, 2.24) is 15.2 Å². The molecule has 1 aromatic carbocycles. The second-order valence-corrected chi connectivity index (χ2v) is 9.16. The van der Waals surface area contributed by atoms with E-state index in [0.29, 0.717) is 11.9 Å². The first-order valence-electron chi connectivity index (χ1n) is 7.79. The van der Waals surface area contributed by atoms with Crippen molar-refractivity contribution in [3.05, 3.63) is 34.3 Å². The van der Waals surface area contributed by atoms with Gasteiger partial charge in [-0.1, -0.05) is 28.1 Å². The summed E-state index contributed by atoms with van der Waals surface area (Å²) in [6, 6.07) is 7.45. The van der Waals surface area contributed by atoms with Crippen molar-refractivity contribution in [3.8, 4) is 0 Å². The number of nitrogens with two attached hydrogens (primary N) is 1. The normalized spacial score (nSPS) is 16.5. The molecule has 0 atom stereocenters. The Morgan fingerprint density at radius 2 is 2.08 bits per heavy atom. The maximum atomic E-state index is 12.5. The van der Waals surface area contributed by atoms with Gasteiger partial charge in [0.15, 0.2) is 9.84 Å². The molecule has 1 fully saturated rings. The SMILES string of the molecule is Nc1nc(N2CCC(CS(=O)(=O)Cc3cccc(Br)c3)CC2)n[nH]1. The van der Waals surface area contributed by atoms with Crippen molar-refractivity contribution < 1.29 is 8.42 Å². The quantitative estimate of drug-likeness (QED) is 0.775. The van der Waals surface area contributed by atoms with Crippen LogP contribution in [-0.4, -0.2) is 42.4 Å². The minimum Gasteiger partial charge on any atom is -0.368 e. The molecule has 130 valence electrons. The number of sulfone groups is 1. The van der Waals surface area contributed by atoms with E-state index in [-0.39, 0.29) is 17.4 Å². The molecule has 0 bridgehead atoms. The van der Waals surface area contributed by atoms with Crippen molar-refractivity contribution in [1.29, 1.82) is 0 Å². The van der Waals surface area contributed by atoms with Gasteiger partial charge in [-0.3, -0.25) is 0 Å². The van der Waals surface area contributed by atoms with Crippen LogP contribution in [0, 0.1) is 5.92 Å². The first kappa shape index (κ1) is 17.2. The molecule has 0 unspecified atom stereocenters. The van der Waals surface area contributed by atoms with Crippen LogP contribution < -0.4 is 10.6 Å². The third-order valence-electron chi connectivity index (χ3n) is 4.15. The fourth-order valence-electron chi connectivity index (χ4n) is 3.00. The lowest BCUT2D eigenvalue weighted by molar-refractivity contribution is 0.432. The molecular weight excluding hydrogens is 394 g/mol. The van der Waals surface area contributed by atoms with E-state index in [0.717, 1.165) is 36.0 Å². The number of piperidine rings is 1. The minimum atomic E-state index is -3.13. The van der Waals surface area contributed by atoms with Crippen molar-refractivity contribution in [2.75, 3.05) is 29.5 Å². The maximum absolute atomic E-state index is 12.5. The number of nitrogens with one attached hydrogen (secondary N) is 1. The van der Waals surface area contributed by atoms with Gasteiger partial charge in [0.1, 0.15) is 0 Å². The first-order valence-corrected chi connectivity index (χ1v) is 10.4. The fourth-order valence-corrected chi connectivity index (χ4v) is 5.31. The molecule has 1 aromatic heterocycles. The van der Waals surface area contributed by atoms with E-state index >= 15 is 0 Å². The molecule has 1 aliphatic rings. The topological polar surface area (TPSA) is 105 Å². The van der Waals surface area contributed by atoms with Crippen molar-refractivity contribution in [3.63, 3.8) is 0 Å². The Bertz CT molecular complexity index is 800. The first-order chi connectivity index (χ1) is 11.4. The van der Waals surface area contributed by atoms with Crippen LogP contribution in [0.2, 0.25) is 0 Å². The number of rotatable bonds is 5. The number of halogens is 1. The summed E-state index contributed by atoms with van der Waals surface area (Å²) in [6.07, 6.45) is 1.62. The number of aromatic amines is 1. The largest absolute Gasteiger partial charge is 0.368 e. The van der Waals surface area contributed by atoms with Gasteiger partial charge in [0.05, 0.1) is 11.5 Å². The van der Waals surface area contributed by atoms with Gasteiger partial charge in [0.25, 0.3) is 0 Å². The molecule has 1 aliphatic heterocycles. The summed E-state index contributed by atoms with van der Waals surface area (Å²) in [5.74, 6) is 1.37. The lowest BCUT2D eigenvalue weighted by Crippen LogP contribution is -2.36. The van der Waals surface area contributed by atoms with Gasteiger partial charge in [0, 0.05) is 17.6 Å². The van der Waals surface area contributed by atoms with Crippen LogP contribution in [0.3, 0.4) is 0 Å². The van der Waals surface area contributed by atoms with Crippen LogP contribution in [0.25, 0.3) is 0 Å². The number of nitrogens with zero attached hydrogens (tertiary/aromatic N) is 3. The molecule has 2 heterocycles. The molecule has 0 amide bonds. The standard InChI is InChI=1S/C15H20BrN5O2S/c16-13-3-1-2-12(8-13)10-24(22,23)9-11-4-6-21(7-5-11)15-18-14(17)19-20-15/h1-3,8,11H,4-7,9-10H2,(H3,17,18,19,20). The number of benzene rings is 1. The highest BCUT2D eigenvalue weighted by Crippen LogP contribution is 2.23. The number of hydrogen-bond acceptors (Lipinski definition) is 6. The Hall–Kier alpha value is -1.61. The van der Waals surface area contributed by atoms with E-state index in [2.05, 4.69) is 31.1 Å². The van der Waals surface area contributed by atoms with Gasteiger partial charge in [0.2, 0.25) is 11.9 Å². The van der Waals surface area contributed by atoms with Gasteiger partial charge in [-0.2, -0.15) is 4.98 Å². The lowest BCUT2D eigenvalue weighted by atomic mass is 9.99. The molecule has 9 heteroatoms. The van der Waals surface area contributed by atoms with Crippen LogP contribution >= 0.6 is 15.9 Å². The monoisotopic (exact) mass is 413 g/mol. The van der Waals surface area contributed by atoms with Gasteiger partial charge in [-0.25, -0.2) is 13.5 Å². The van der Waals surface area contributed by atoms with Crippen LogP contribution in [0.5, 0.6) is 0 Å². The van der Waals surface area contributed by atoms with Gasteiger partial charge in [-0.15, -0.1) is 5.10 Å². The Kier molecular flexibility index (Phi) is 5.09. The van der Waals surface area contributed by atoms with Crippen LogP contribution in [0.1, 0.15) is 18.4 Å². The van der Waals surface area contributed by atoms with Crippen LogP contribution in [-0.2, 0) is 15.6 Å². The molecule has 0 saturated carbocycles. The van der Waals surface area contributed by atoms with Gasteiger partial charge < -0.3 is 10.6 Å². The average molecular weight is 414 g/mol. The Morgan fingerprint density at radius 1 is 1.33 bits per heavy atom. The summed E-state index contributed by atoms with van der Waals surface area (Å²) in [5.41, 5.74) is 6.36. The molecule has 2 aromatic rings. The molecule has 0 spiro atoms. The van der Waals surface area contributed by atoms with Crippen molar-refractivity contribution >= 4 is 37.7 Å². The second-order valence-electron chi connectivity index (χ2n) is 6.14. The maximum Gasteiger partial charge on any atom is 0.246 e. The lowest BCUT2D eigenvalue weighted by Gasteiger charge is -2.30. The smallest absolute Gasteiger partial charge is 0.246 e.